The number of aliphatic hydroxyl groups excluding tert-OH is 3. The number of hydrogen-bond acceptors (Lipinski definition) is 6. The Kier molecular flexibility index (Phi) is 4.03. The van der Waals surface area contributed by atoms with E-state index >= 15 is 0 Å². The Bertz CT molecular complexity index is 206. The highest BCUT2D eigenvalue weighted by Crippen LogP contribution is 2.26. The average Bonchev–Trinajstić information content (AvgIpc) is 2.15. The molecule has 0 rings (SSSR count). The molecule has 0 aliphatic carbocycles. The number of aldehydes is 1. The first-order chi connectivity index (χ1) is 6.20. The maximum absolute atomic E-state index is 12.9. The molecular formula is C6H10F2O6. The molecule has 0 saturated carbocycles. The third-order valence-corrected chi connectivity index (χ3v) is 1.57. The summed E-state index contributed by atoms with van der Waals surface area (Å²) in [5.41, 5.74) is 0. The van der Waals surface area contributed by atoms with Gasteiger partial charge in [-0.3, -0.25) is 4.79 Å². The van der Waals surface area contributed by atoms with Crippen LogP contribution in [0.5, 0.6) is 0 Å². The molecule has 0 aromatic carbocycles. The Balaban J connectivity index is 4.82. The van der Waals surface area contributed by atoms with Crippen molar-refractivity contribution < 1.29 is 39.1 Å². The van der Waals surface area contributed by atoms with Gasteiger partial charge in [-0.05, 0) is 0 Å². The van der Waals surface area contributed by atoms with E-state index in [-0.39, 0.29) is 0 Å². The minimum Gasteiger partial charge on any atom is -0.393 e. The molecule has 0 bridgehead atoms. The van der Waals surface area contributed by atoms with E-state index < -0.39 is 36.8 Å². The summed E-state index contributed by atoms with van der Waals surface area (Å²) in [7, 11) is 0. The van der Waals surface area contributed by atoms with E-state index in [0.717, 1.165) is 0 Å². The quantitative estimate of drug-likeness (QED) is 0.317. The first kappa shape index (κ1) is 13.3. The minimum absolute atomic E-state index is 0.855. The molecule has 0 aliphatic heterocycles. The van der Waals surface area contributed by atoms with E-state index in [0.29, 0.717) is 0 Å². The van der Waals surface area contributed by atoms with E-state index in [1.54, 1.807) is 0 Å². The zero-order valence-electron chi connectivity index (χ0n) is 6.84. The molecule has 0 fully saturated rings. The van der Waals surface area contributed by atoms with Gasteiger partial charge in [-0.15, -0.1) is 0 Å². The molecule has 84 valence electrons. The minimum atomic E-state index is -4.06. The second-order valence-corrected chi connectivity index (χ2v) is 2.67. The summed E-state index contributed by atoms with van der Waals surface area (Å²) >= 11 is 0. The lowest BCUT2D eigenvalue weighted by Gasteiger charge is -2.31. The van der Waals surface area contributed by atoms with Crippen LogP contribution < -0.4 is 0 Å². The number of halogens is 2. The van der Waals surface area contributed by atoms with Gasteiger partial charge in [0.2, 0.25) is 0 Å². The Morgan fingerprint density at radius 2 is 1.71 bits per heavy atom. The second kappa shape index (κ2) is 4.24. The van der Waals surface area contributed by atoms with Gasteiger partial charge >= 0.3 is 0 Å². The van der Waals surface area contributed by atoms with Crippen LogP contribution >= 0.6 is 0 Å². The zero-order valence-corrected chi connectivity index (χ0v) is 6.84. The largest absolute Gasteiger partial charge is 0.393 e. The SMILES string of the molecule is O=C[C@@](O)(F)[C@@H](O)[C@@](O)(F)[C@H](O)CO. The summed E-state index contributed by atoms with van der Waals surface area (Å²) in [6.45, 7) is -1.33. The van der Waals surface area contributed by atoms with Crippen LogP contribution in [0.1, 0.15) is 0 Å². The van der Waals surface area contributed by atoms with Gasteiger partial charge in [-0.25, -0.2) is 8.78 Å². The lowest BCUT2D eigenvalue weighted by Crippen LogP contribution is -2.59. The fourth-order valence-corrected chi connectivity index (χ4v) is 0.659. The van der Waals surface area contributed by atoms with Crippen molar-refractivity contribution in [1.29, 1.82) is 0 Å². The van der Waals surface area contributed by atoms with Crippen molar-refractivity contribution in [2.45, 2.75) is 23.9 Å². The predicted octanol–water partition coefficient (Wildman–Crippen LogP) is -2.78. The fourth-order valence-electron chi connectivity index (χ4n) is 0.659. The van der Waals surface area contributed by atoms with Gasteiger partial charge in [0.05, 0.1) is 6.61 Å². The van der Waals surface area contributed by atoms with Gasteiger partial charge in [0.25, 0.3) is 11.7 Å². The molecule has 0 amide bonds. The molecule has 0 radical (unpaired) electrons. The summed E-state index contributed by atoms with van der Waals surface area (Å²) in [5, 5.41) is 42.5. The molecule has 0 spiro atoms. The highest BCUT2D eigenvalue weighted by molar-refractivity contribution is 5.60. The summed E-state index contributed by atoms with van der Waals surface area (Å²) in [6.07, 6.45) is -6.64. The maximum atomic E-state index is 12.9. The number of alkyl halides is 2. The molecule has 0 saturated heterocycles. The van der Waals surface area contributed by atoms with Crippen LogP contribution in [0, 0.1) is 0 Å². The fraction of sp³-hybridized carbons (Fsp3) is 0.833. The van der Waals surface area contributed by atoms with Crippen molar-refractivity contribution in [3.05, 3.63) is 0 Å². The van der Waals surface area contributed by atoms with Crippen LogP contribution in [0.25, 0.3) is 0 Å². The van der Waals surface area contributed by atoms with Crippen molar-refractivity contribution in [3.8, 4) is 0 Å². The van der Waals surface area contributed by atoms with Crippen LogP contribution in [0.15, 0.2) is 0 Å². The molecule has 6 nitrogen and oxygen atoms in total. The van der Waals surface area contributed by atoms with E-state index in [2.05, 4.69) is 0 Å². The number of hydrogen-bond donors (Lipinski definition) is 5. The third kappa shape index (κ3) is 2.42. The Hall–Kier alpha value is -0.670. The second-order valence-electron chi connectivity index (χ2n) is 2.67. The highest BCUT2D eigenvalue weighted by atomic mass is 19.2. The lowest BCUT2D eigenvalue weighted by molar-refractivity contribution is -0.290. The van der Waals surface area contributed by atoms with Gasteiger partial charge in [-0.1, -0.05) is 0 Å². The molecule has 0 unspecified atom stereocenters. The normalized spacial score (nSPS) is 24.5. The van der Waals surface area contributed by atoms with E-state index in [1.807, 2.05) is 0 Å². The average molecular weight is 216 g/mol. The van der Waals surface area contributed by atoms with Crippen molar-refractivity contribution in [2.75, 3.05) is 6.61 Å². The number of carbonyl (C=O) groups is 1. The summed E-state index contributed by atoms with van der Waals surface area (Å²) in [4.78, 5) is 9.82. The van der Waals surface area contributed by atoms with Gasteiger partial charge in [-0.2, -0.15) is 0 Å². The maximum Gasteiger partial charge on any atom is 0.294 e. The van der Waals surface area contributed by atoms with Gasteiger partial charge < -0.3 is 25.5 Å². The first-order valence-corrected chi connectivity index (χ1v) is 3.46. The van der Waals surface area contributed by atoms with Gasteiger partial charge in [0, 0.05) is 0 Å². The van der Waals surface area contributed by atoms with E-state index in [4.69, 9.17) is 25.5 Å². The van der Waals surface area contributed by atoms with Crippen LogP contribution in [-0.2, 0) is 4.79 Å². The number of rotatable bonds is 5. The summed E-state index contributed by atoms with van der Waals surface area (Å²) in [6, 6.07) is 0. The Morgan fingerprint density at radius 3 is 2.00 bits per heavy atom. The molecule has 5 N–H and O–H groups in total. The monoisotopic (exact) mass is 216 g/mol. The molecular weight excluding hydrogens is 206 g/mol. The standard InChI is InChI=1S/C6H10F2O6/c7-5(13,2-10)4(12)6(8,14)3(11)1-9/h2-4,9,11-14H,1H2/t3-,4-,5+,6-/m1/s1. The molecule has 0 aromatic rings. The Labute approximate surface area is 77.0 Å². The van der Waals surface area contributed by atoms with Crippen LogP contribution in [0.3, 0.4) is 0 Å². The molecule has 0 aliphatic rings. The predicted molar refractivity (Wildman–Crippen MR) is 37.3 cm³/mol. The topological polar surface area (TPSA) is 118 Å². The summed E-state index contributed by atoms with van der Waals surface area (Å²) < 4.78 is 25.4. The zero-order chi connectivity index (χ0) is 11.6. The Morgan fingerprint density at radius 1 is 1.29 bits per heavy atom. The van der Waals surface area contributed by atoms with Crippen molar-refractivity contribution in [2.24, 2.45) is 0 Å². The van der Waals surface area contributed by atoms with Crippen LogP contribution in [0.4, 0.5) is 8.78 Å². The lowest BCUT2D eigenvalue weighted by atomic mass is 10.00. The van der Waals surface area contributed by atoms with Crippen LogP contribution in [0.2, 0.25) is 0 Å². The first-order valence-electron chi connectivity index (χ1n) is 3.46. The smallest absolute Gasteiger partial charge is 0.294 e. The molecule has 0 heterocycles. The number of aliphatic hydroxyl groups is 5. The van der Waals surface area contributed by atoms with E-state index in [1.165, 1.54) is 0 Å². The van der Waals surface area contributed by atoms with Crippen molar-refractivity contribution >= 4 is 6.29 Å². The van der Waals surface area contributed by atoms with Crippen LogP contribution in [-0.4, -0.2) is 62.3 Å². The molecule has 0 aromatic heterocycles. The molecule has 4 atom stereocenters. The van der Waals surface area contributed by atoms with E-state index in [9.17, 15) is 13.6 Å². The van der Waals surface area contributed by atoms with Gasteiger partial charge in [0.1, 0.15) is 6.10 Å². The van der Waals surface area contributed by atoms with Gasteiger partial charge in [0.15, 0.2) is 12.4 Å². The van der Waals surface area contributed by atoms with Crippen molar-refractivity contribution in [3.63, 3.8) is 0 Å². The summed E-state index contributed by atoms with van der Waals surface area (Å²) in [5.74, 6) is -8.10. The number of carbonyl (C=O) groups excluding carboxylic acids is 1. The highest BCUT2D eigenvalue weighted by Gasteiger charge is 2.54. The molecule has 8 heteroatoms. The van der Waals surface area contributed by atoms with Crippen molar-refractivity contribution in [1.82, 2.24) is 0 Å². The molecule has 14 heavy (non-hydrogen) atoms. The third-order valence-electron chi connectivity index (χ3n) is 1.57.